The van der Waals surface area contributed by atoms with Crippen LogP contribution in [0.1, 0.15) is 30.7 Å². The van der Waals surface area contributed by atoms with Gasteiger partial charge < -0.3 is 5.32 Å². The first-order chi connectivity index (χ1) is 15.0. The molecular formula is C24H23ClN4O2. The maximum Gasteiger partial charge on any atom is 0.261 e. The highest BCUT2D eigenvalue weighted by atomic mass is 35.5. The van der Waals surface area contributed by atoms with Gasteiger partial charge in [-0.25, -0.2) is 4.98 Å². The van der Waals surface area contributed by atoms with Gasteiger partial charge in [0.25, 0.3) is 5.56 Å². The summed E-state index contributed by atoms with van der Waals surface area (Å²) in [4.78, 5) is 30.7. The molecule has 6 nitrogen and oxygen atoms in total. The average molecular weight is 435 g/mol. The first kappa shape index (κ1) is 21.2. The summed E-state index contributed by atoms with van der Waals surface area (Å²) in [7, 11) is 0. The van der Waals surface area contributed by atoms with E-state index in [9.17, 15) is 14.9 Å². The molecule has 1 aromatic heterocycles. The highest BCUT2D eigenvalue weighted by molar-refractivity contribution is 6.31. The Morgan fingerprint density at radius 1 is 1.23 bits per heavy atom. The first-order valence-electron chi connectivity index (χ1n) is 10.4. The number of fused-ring (bicyclic) bond motifs is 1. The minimum Gasteiger partial charge on any atom is -0.317 e. The molecule has 0 spiro atoms. The second-order valence-electron chi connectivity index (χ2n) is 8.04. The van der Waals surface area contributed by atoms with Gasteiger partial charge >= 0.3 is 0 Å². The number of carbonyl (C=O) groups is 1. The number of hydrogen-bond acceptors (Lipinski definition) is 5. The number of ketones is 1. The second kappa shape index (κ2) is 9.01. The smallest absolute Gasteiger partial charge is 0.261 e. The Morgan fingerprint density at radius 2 is 1.97 bits per heavy atom. The number of nitrogens with zero attached hydrogens (tertiary/aromatic N) is 3. The second-order valence-corrected chi connectivity index (χ2v) is 8.48. The lowest BCUT2D eigenvalue weighted by molar-refractivity contribution is -0.127. The fourth-order valence-electron chi connectivity index (χ4n) is 4.24. The van der Waals surface area contributed by atoms with Crippen molar-refractivity contribution in [1.82, 2.24) is 14.9 Å². The Morgan fingerprint density at radius 3 is 2.68 bits per heavy atom. The van der Waals surface area contributed by atoms with Crippen LogP contribution in [0.5, 0.6) is 0 Å². The third-order valence-electron chi connectivity index (χ3n) is 6.11. The van der Waals surface area contributed by atoms with E-state index in [1.165, 1.54) is 6.33 Å². The Kier molecular flexibility index (Phi) is 6.17. The molecule has 31 heavy (non-hydrogen) atoms. The predicted octanol–water partition coefficient (Wildman–Crippen LogP) is 3.69. The van der Waals surface area contributed by atoms with Gasteiger partial charge in [0, 0.05) is 23.9 Å². The standard InChI is InChI=1S/C24H23ClN4O2/c25-19-6-7-20-21(13-19)28-16-29(23(20)31)14-18(17-4-2-1-3-5-17)12-22(30)24(15-26)8-10-27-11-9-24/h1-7,13,16,18,27H,8-12,14H2/t18-/m1/s1. The zero-order valence-corrected chi connectivity index (χ0v) is 17.8. The number of halogens is 1. The number of aromatic nitrogens is 2. The maximum atomic E-state index is 13.3. The van der Waals surface area contributed by atoms with Crippen LogP contribution in [0, 0.1) is 16.7 Å². The molecule has 2 heterocycles. The number of benzene rings is 2. The summed E-state index contributed by atoms with van der Waals surface area (Å²) >= 11 is 6.02. The van der Waals surface area contributed by atoms with Crippen LogP contribution in [0.15, 0.2) is 59.7 Å². The molecule has 0 radical (unpaired) electrons. The first-order valence-corrected chi connectivity index (χ1v) is 10.8. The Labute approximate surface area is 185 Å². The van der Waals surface area contributed by atoms with Gasteiger partial charge in [-0.05, 0) is 49.7 Å². The summed E-state index contributed by atoms with van der Waals surface area (Å²) in [5.74, 6) is -0.294. The number of hydrogen-bond donors (Lipinski definition) is 1. The molecule has 158 valence electrons. The molecule has 3 aromatic rings. The summed E-state index contributed by atoms with van der Waals surface area (Å²) in [6.07, 6.45) is 2.73. The largest absolute Gasteiger partial charge is 0.317 e. The van der Waals surface area contributed by atoms with Gasteiger partial charge in [0.2, 0.25) is 0 Å². The fraction of sp³-hybridized carbons (Fsp3) is 0.333. The summed E-state index contributed by atoms with van der Waals surface area (Å²) in [6, 6.07) is 17.0. The quantitative estimate of drug-likeness (QED) is 0.639. The van der Waals surface area contributed by atoms with Crippen molar-refractivity contribution >= 4 is 28.3 Å². The summed E-state index contributed by atoms with van der Waals surface area (Å²) < 4.78 is 1.54. The van der Waals surface area contributed by atoms with Crippen molar-refractivity contribution in [1.29, 1.82) is 5.26 Å². The van der Waals surface area contributed by atoms with Crippen LogP contribution < -0.4 is 10.9 Å². The molecule has 1 atom stereocenters. The number of nitrogens with one attached hydrogen (secondary N) is 1. The van der Waals surface area contributed by atoms with Crippen molar-refractivity contribution in [3.63, 3.8) is 0 Å². The Hall–Kier alpha value is -3.01. The zero-order valence-electron chi connectivity index (χ0n) is 17.1. The lowest BCUT2D eigenvalue weighted by Crippen LogP contribution is -2.42. The van der Waals surface area contributed by atoms with Crippen LogP contribution >= 0.6 is 11.6 Å². The van der Waals surface area contributed by atoms with E-state index in [0.717, 1.165) is 5.56 Å². The van der Waals surface area contributed by atoms with Gasteiger partial charge in [0.15, 0.2) is 5.78 Å². The highest BCUT2D eigenvalue weighted by Gasteiger charge is 2.40. The maximum absolute atomic E-state index is 13.3. The normalized spacial score (nSPS) is 16.5. The Balaban J connectivity index is 1.67. The highest BCUT2D eigenvalue weighted by Crippen LogP contribution is 2.34. The topological polar surface area (TPSA) is 87.8 Å². The molecule has 1 aliphatic heterocycles. The molecule has 0 saturated carbocycles. The molecule has 0 aliphatic carbocycles. The lowest BCUT2D eigenvalue weighted by Gasteiger charge is -2.31. The Bertz CT molecular complexity index is 1190. The van der Waals surface area contributed by atoms with E-state index >= 15 is 0 Å². The van der Waals surface area contributed by atoms with Gasteiger partial charge in [-0.15, -0.1) is 0 Å². The number of piperidine rings is 1. The van der Waals surface area contributed by atoms with E-state index < -0.39 is 5.41 Å². The van der Waals surface area contributed by atoms with E-state index in [-0.39, 0.29) is 23.7 Å². The average Bonchev–Trinajstić information content (AvgIpc) is 2.81. The van der Waals surface area contributed by atoms with Crippen molar-refractivity contribution in [3.05, 3.63) is 75.8 Å². The third kappa shape index (κ3) is 4.39. The molecule has 0 amide bonds. The molecule has 1 N–H and O–H groups in total. The third-order valence-corrected chi connectivity index (χ3v) is 6.35. The van der Waals surface area contributed by atoms with Crippen LogP contribution in [0.3, 0.4) is 0 Å². The van der Waals surface area contributed by atoms with Crippen molar-refractivity contribution in [3.8, 4) is 6.07 Å². The van der Waals surface area contributed by atoms with Crippen molar-refractivity contribution < 1.29 is 4.79 Å². The number of rotatable bonds is 6. The monoisotopic (exact) mass is 434 g/mol. The number of Topliss-reactive ketones (excluding diaryl/α,β-unsaturated/α-hetero) is 1. The van der Waals surface area contributed by atoms with Gasteiger partial charge in [-0.3, -0.25) is 14.2 Å². The number of nitriles is 1. The van der Waals surface area contributed by atoms with Crippen LogP contribution in [0.25, 0.3) is 10.9 Å². The minimum atomic E-state index is -0.957. The number of carbonyl (C=O) groups excluding carboxylic acids is 1. The molecule has 0 unspecified atom stereocenters. The van der Waals surface area contributed by atoms with Crippen LogP contribution in [-0.2, 0) is 11.3 Å². The van der Waals surface area contributed by atoms with E-state index in [1.54, 1.807) is 22.8 Å². The van der Waals surface area contributed by atoms with Gasteiger partial charge in [-0.2, -0.15) is 5.26 Å². The van der Waals surface area contributed by atoms with Gasteiger partial charge in [0.05, 0.1) is 23.3 Å². The molecule has 1 aliphatic rings. The summed E-state index contributed by atoms with van der Waals surface area (Å²) in [6.45, 7) is 1.62. The van der Waals surface area contributed by atoms with Crippen molar-refractivity contribution in [2.24, 2.45) is 5.41 Å². The minimum absolute atomic E-state index is 0.0565. The SMILES string of the molecule is N#CC1(C(=O)C[C@H](Cn2cnc3cc(Cl)ccc3c2=O)c2ccccc2)CCNCC1. The summed E-state index contributed by atoms with van der Waals surface area (Å²) in [5.41, 5.74) is 0.369. The van der Waals surface area contributed by atoms with Crippen LogP contribution in [-0.4, -0.2) is 28.4 Å². The molecule has 2 aromatic carbocycles. The fourth-order valence-corrected chi connectivity index (χ4v) is 4.40. The molecule has 7 heteroatoms. The van der Waals surface area contributed by atoms with E-state index in [0.29, 0.717) is 48.4 Å². The van der Waals surface area contributed by atoms with Crippen LogP contribution in [0.2, 0.25) is 5.02 Å². The van der Waals surface area contributed by atoms with Crippen molar-refractivity contribution in [2.75, 3.05) is 13.1 Å². The molecule has 1 saturated heterocycles. The van der Waals surface area contributed by atoms with E-state index in [1.807, 2.05) is 30.3 Å². The molecule has 1 fully saturated rings. The molecular weight excluding hydrogens is 412 g/mol. The molecule has 0 bridgehead atoms. The van der Waals surface area contributed by atoms with E-state index in [2.05, 4.69) is 16.4 Å². The molecule has 4 rings (SSSR count). The summed E-state index contributed by atoms with van der Waals surface area (Å²) in [5, 5.41) is 14.0. The van der Waals surface area contributed by atoms with Crippen molar-refractivity contribution in [2.45, 2.75) is 31.7 Å². The van der Waals surface area contributed by atoms with Gasteiger partial charge in [0.1, 0.15) is 5.41 Å². The van der Waals surface area contributed by atoms with E-state index in [4.69, 9.17) is 11.6 Å². The zero-order chi connectivity index (χ0) is 21.8. The predicted molar refractivity (Wildman–Crippen MR) is 120 cm³/mol. The van der Waals surface area contributed by atoms with Crippen LogP contribution in [0.4, 0.5) is 0 Å². The van der Waals surface area contributed by atoms with Gasteiger partial charge in [-0.1, -0.05) is 41.9 Å². The lowest BCUT2D eigenvalue weighted by atomic mass is 9.73.